The zero-order chi connectivity index (χ0) is 26.9. The summed E-state index contributed by atoms with van der Waals surface area (Å²) in [4.78, 5) is 21.0. The van der Waals surface area contributed by atoms with Crippen LogP contribution in [0, 0.1) is 11.8 Å². The van der Waals surface area contributed by atoms with Gasteiger partial charge in [0.1, 0.15) is 5.60 Å². The lowest BCUT2D eigenvalue weighted by Gasteiger charge is -2.42. The van der Waals surface area contributed by atoms with Crippen molar-refractivity contribution in [2.75, 3.05) is 33.3 Å². The Kier molecular flexibility index (Phi) is 7.94. The normalized spacial score (nSPS) is 19.4. The molecule has 5 rings (SSSR count). The number of pyridine rings is 1. The highest BCUT2D eigenvalue weighted by Gasteiger charge is 2.42. The van der Waals surface area contributed by atoms with Crippen molar-refractivity contribution in [3.05, 3.63) is 70.2 Å². The number of nitrogens with zero attached hydrogens (tertiary/aromatic N) is 3. The van der Waals surface area contributed by atoms with Crippen molar-refractivity contribution in [1.82, 2.24) is 14.8 Å². The van der Waals surface area contributed by atoms with E-state index in [4.69, 9.17) is 21.3 Å². The van der Waals surface area contributed by atoms with Crippen LogP contribution in [0.5, 0.6) is 5.88 Å². The Bertz CT molecular complexity index is 1280. The number of hydrogen-bond donors (Lipinski definition) is 1. The first-order valence-corrected chi connectivity index (χ1v) is 14.1. The summed E-state index contributed by atoms with van der Waals surface area (Å²) in [5.41, 5.74) is 2.06. The molecule has 2 fully saturated rings. The van der Waals surface area contributed by atoms with Crippen LogP contribution >= 0.6 is 11.6 Å². The molecule has 3 aromatic rings. The van der Waals surface area contributed by atoms with E-state index in [1.807, 2.05) is 53.4 Å². The molecule has 2 aliphatic rings. The summed E-state index contributed by atoms with van der Waals surface area (Å²) in [5, 5.41) is 14.0. The summed E-state index contributed by atoms with van der Waals surface area (Å²) in [5.74, 6) is 1.35. The number of benzene rings is 2. The predicted octanol–water partition coefficient (Wildman–Crippen LogP) is 5.62. The Morgan fingerprint density at radius 3 is 2.37 bits per heavy atom. The van der Waals surface area contributed by atoms with E-state index in [2.05, 4.69) is 11.8 Å². The second kappa shape index (κ2) is 11.2. The van der Waals surface area contributed by atoms with Gasteiger partial charge >= 0.3 is 0 Å². The standard InChI is InChI=1S/C31H38ClN3O3/c1-21-11-15-34(16-12-21)20-27-29(32)26-19-25(9-10-28(26)33-30(27)38-3)31(37,23-7-5-4-6-8-23)24-13-17-35(18-14-24)22(2)36/h4-10,19,21,24,37H,11-18,20H2,1-3H3. The van der Waals surface area contributed by atoms with Gasteiger partial charge in [0.15, 0.2) is 0 Å². The molecule has 1 atom stereocenters. The lowest BCUT2D eigenvalue weighted by Crippen LogP contribution is -2.45. The minimum absolute atomic E-state index is 0.0438. The summed E-state index contributed by atoms with van der Waals surface area (Å²) in [7, 11) is 1.64. The first-order valence-electron chi connectivity index (χ1n) is 13.7. The predicted molar refractivity (Wildman–Crippen MR) is 151 cm³/mol. The van der Waals surface area contributed by atoms with Crippen LogP contribution in [-0.4, -0.2) is 59.1 Å². The Morgan fingerprint density at radius 2 is 1.74 bits per heavy atom. The van der Waals surface area contributed by atoms with Gasteiger partial charge in [-0.1, -0.05) is 54.9 Å². The zero-order valence-electron chi connectivity index (χ0n) is 22.6. The molecule has 38 heavy (non-hydrogen) atoms. The molecule has 2 aromatic carbocycles. The highest BCUT2D eigenvalue weighted by Crippen LogP contribution is 2.44. The summed E-state index contributed by atoms with van der Waals surface area (Å²) in [6.07, 6.45) is 3.79. The Hall–Kier alpha value is -2.67. The number of carbonyl (C=O) groups is 1. The van der Waals surface area contributed by atoms with E-state index in [0.29, 0.717) is 30.5 Å². The molecule has 1 aromatic heterocycles. The third-order valence-electron chi connectivity index (χ3n) is 8.61. The quantitative estimate of drug-likeness (QED) is 0.443. The van der Waals surface area contributed by atoms with Crippen LogP contribution in [0.1, 0.15) is 56.2 Å². The van der Waals surface area contributed by atoms with Crippen LogP contribution in [0.2, 0.25) is 5.02 Å². The largest absolute Gasteiger partial charge is 0.481 e. The van der Waals surface area contributed by atoms with Gasteiger partial charge in [-0.05, 0) is 73.9 Å². The van der Waals surface area contributed by atoms with E-state index in [-0.39, 0.29) is 11.8 Å². The van der Waals surface area contributed by atoms with Gasteiger partial charge in [-0.25, -0.2) is 4.98 Å². The van der Waals surface area contributed by atoms with E-state index < -0.39 is 5.60 Å². The Morgan fingerprint density at radius 1 is 1.05 bits per heavy atom. The maximum absolute atomic E-state index is 12.5. The van der Waals surface area contributed by atoms with Crippen LogP contribution in [0.25, 0.3) is 10.9 Å². The van der Waals surface area contributed by atoms with E-state index in [9.17, 15) is 9.90 Å². The molecule has 2 aliphatic heterocycles. The van der Waals surface area contributed by atoms with Gasteiger partial charge in [0.2, 0.25) is 11.8 Å². The fourth-order valence-electron chi connectivity index (χ4n) is 6.17. The molecule has 0 radical (unpaired) electrons. The maximum atomic E-state index is 12.5. The monoisotopic (exact) mass is 535 g/mol. The van der Waals surface area contributed by atoms with Crippen LogP contribution in [0.15, 0.2) is 48.5 Å². The third-order valence-corrected chi connectivity index (χ3v) is 9.05. The minimum Gasteiger partial charge on any atom is -0.481 e. The molecule has 1 unspecified atom stereocenters. The molecule has 0 aliphatic carbocycles. The third kappa shape index (κ3) is 5.14. The smallest absolute Gasteiger partial charge is 0.219 e. The number of fused-ring (bicyclic) bond motifs is 1. The van der Waals surface area contributed by atoms with Crippen LogP contribution in [-0.2, 0) is 16.9 Å². The van der Waals surface area contributed by atoms with Crippen molar-refractivity contribution in [3.63, 3.8) is 0 Å². The number of aliphatic hydroxyl groups is 1. The molecule has 1 N–H and O–H groups in total. The maximum Gasteiger partial charge on any atom is 0.219 e. The molecule has 0 saturated carbocycles. The summed E-state index contributed by atoms with van der Waals surface area (Å²) in [6.45, 7) is 7.95. The molecule has 2 saturated heterocycles. The molecule has 0 spiro atoms. The molecule has 3 heterocycles. The van der Waals surface area contributed by atoms with Crippen molar-refractivity contribution in [3.8, 4) is 5.88 Å². The summed E-state index contributed by atoms with van der Waals surface area (Å²) in [6, 6.07) is 15.8. The number of methoxy groups -OCH3 is 1. The number of rotatable bonds is 6. The van der Waals surface area contributed by atoms with E-state index in [0.717, 1.165) is 59.4 Å². The molecule has 1 amide bonds. The average Bonchev–Trinajstić information content (AvgIpc) is 2.95. The lowest BCUT2D eigenvalue weighted by atomic mass is 9.72. The van der Waals surface area contributed by atoms with Crippen molar-refractivity contribution >= 4 is 28.4 Å². The number of likely N-dealkylation sites (tertiary alicyclic amines) is 2. The number of carbonyl (C=O) groups excluding carboxylic acids is 1. The van der Waals surface area contributed by atoms with Crippen LogP contribution in [0.3, 0.4) is 0 Å². The first kappa shape index (κ1) is 26.9. The molecule has 0 bridgehead atoms. The van der Waals surface area contributed by atoms with E-state index in [1.54, 1.807) is 14.0 Å². The van der Waals surface area contributed by atoms with Gasteiger partial charge in [0, 0.05) is 37.5 Å². The van der Waals surface area contributed by atoms with Crippen LogP contribution < -0.4 is 4.74 Å². The van der Waals surface area contributed by atoms with Crippen LogP contribution in [0.4, 0.5) is 0 Å². The number of aromatic nitrogens is 1. The van der Waals surface area contributed by atoms with Crippen molar-refractivity contribution in [2.24, 2.45) is 11.8 Å². The summed E-state index contributed by atoms with van der Waals surface area (Å²) < 4.78 is 5.68. The van der Waals surface area contributed by atoms with Gasteiger partial charge in [0.05, 0.1) is 17.6 Å². The molecular weight excluding hydrogens is 498 g/mol. The lowest BCUT2D eigenvalue weighted by molar-refractivity contribution is -0.131. The number of ether oxygens (including phenoxy) is 1. The van der Waals surface area contributed by atoms with E-state index in [1.165, 1.54) is 12.8 Å². The zero-order valence-corrected chi connectivity index (χ0v) is 23.4. The highest BCUT2D eigenvalue weighted by atomic mass is 35.5. The Balaban J connectivity index is 1.56. The number of amides is 1. The highest BCUT2D eigenvalue weighted by molar-refractivity contribution is 6.36. The van der Waals surface area contributed by atoms with Gasteiger partial charge < -0.3 is 14.7 Å². The van der Waals surface area contributed by atoms with Gasteiger partial charge in [0.25, 0.3) is 0 Å². The molecule has 7 heteroatoms. The first-order chi connectivity index (χ1) is 18.3. The topological polar surface area (TPSA) is 65.9 Å². The number of halogens is 1. The number of hydrogen-bond acceptors (Lipinski definition) is 5. The average molecular weight is 536 g/mol. The van der Waals surface area contributed by atoms with Gasteiger partial charge in [-0.15, -0.1) is 0 Å². The molecule has 6 nitrogen and oxygen atoms in total. The number of piperidine rings is 2. The van der Waals surface area contributed by atoms with Gasteiger partial charge in [-0.2, -0.15) is 0 Å². The van der Waals surface area contributed by atoms with Crippen molar-refractivity contribution in [2.45, 2.75) is 51.7 Å². The fourth-order valence-corrected chi connectivity index (χ4v) is 6.46. The van der Waals surface area contributed by atoms with E-state index >= 15 is 0 Å². The molecular formula is C31H38ClN3O3. The minimum atomic E-state index is -1.22. The van der Waals surface area contributed by atoms with Gasteiger partial charge in [-0.3, -0.25) is 9.69 Å². The Labute approximate surface area is 230 Å². The van der Waals surface area contributed by atoms with Crippen molar-refractivity contribution < 1.29 is 14.6 Å². The fraction of sp³-hybridized carbons (Fsp3) is 0.484. The molecule has 202 valence electrons. The van der Waals surface area contributed by atoms with Crippen molar-refractivity contribution in [1.29, 1.82) is 0 Å². The summed E-state index contributed by atoms with van der Waals surface area (Å²) >= 11 is 7.11. The SMILES string of the molecule is COc1nc2ccc(C(O)(c3ccccc3)C3CCN(C(C)=O)CC3)cc2c(Cl)c1CN1CCC(C)CC1. The second-order valence-electron chi connectivity index (χ2n) is 11.0. The second-order valence-corrected chi connectivity index (χ2v) is 11.4.